The van der Waals surface area contributed by atoms with Crippen LogP contribution in [0, 0.1) is 17.8 Å². The molecule has 3 fully saturated rings. The fraction of sp³-hybridized carbons (Fsp3) is 0.818. The number of hydrogen-bond acceptors (Lipinski definition) is 6. The van der Waals surface area contributed by atoms with Gasteiger partial charge in [-0.05, 0) is 19.8 Å². The summed E-state index contributed by atoms with van der Waals surface area (Å²) in [6.45, 7) is 1.78. The maximum Gasteiger partial charge on any atom is 0.525 e. The molecule has 5 atom stereocenters. The summed E-state index contributed by atoms with van der Waals surface area (Å²) in [7, 11) is -6.06. The van der Waals surface area contributed by atoms with Gasteiger partial charge in [-0.15, -0.1) is 9.35 Å². The minimum atomic E-state index is -6.06. The third-order valence-corrected chi connectivity index (χ3v) is 5.26. The Labute approximate surface area is 123 Å². The average molecular weight is 343 g/mol. The van der Waals surface area contributed by atoms with Crippen molar-refractivity contribution >= 4 is 21.9 Å². The Balaban J connectivity index is 1.81. The number of imide groups is 1. The molecule has 124 valence electrons. The lowest BCUT2D eigenvalue weighted by molar-refractivity contribution is -0.169. The van der Waals surface area contributed by atoms with E-state index in [-0.39, 0.29) is 23.2 Å². The molecular formula is C11H12F3NO6S. The quantitative estimate of drug-likeness (QED) is 0.422. The number of hydrogen-bond donors (Lipinski definition) is 0. The van der Waals surface area contributed by atoms with Crippen LogP contribution in [0.4, 0.5) is 13.2 Å². The van der Waals surface area contributed by atoms with Gasteiger partial charge in [-0.1, -0.05) is 0 Å². The Bertz CT molecular complexity index is 632. The number of alkyl halides is 3. The largest absolute Gasteiger partial charge is 0.525 e. The maximum atomic E-state index is 12.3. The zero-order valence-corrected chi connectivity index (χ0v) is 12.1. The molecule has 0 N–H and O–H groups in total. The molecule has 0 aromatic carbocycles. The first-order valence-corrected chi connectivity index (χ1v) is 7.99. The molecule has 0 radical (unpaired) electrons. The number of rotatable bonds is 3. The Morgan fingerprint density at radius 1 is 1.23 bits per heavy atom. The van der Waals surface area contributed by atoms with Gasteiger partial charge in [-0.2, -0.15) is 21.6 Å². The Morgan fingerprint density at radius 2 is 1.82 bits per heavy atom. The number of ether oxygens (including phenoxy) is 1. The summed E-state index contributed by atoms with van der Waals surface area (Å²) in [5.74, 6) is -4.13. The summed E-state index contributed by atoms with van der Waals surface area (Å²) >= 11 is 0. The van der Waals surface area contributed by atoms with E-state index in [0.29, 0.717) is 12.8 Å². The zero-order valence-electron chi connectivity index (χ0n) is 11.2. The molecular weight excluding hydrogens is 331 g/mol. The molecule has 11 heteroatoms. The second-order valence-corrected chi connectivity index (χ2v) is 7.14. The molecule has 3 rings (SSSR count). The van der Waals surface area contributed by atoms with E-state index in [1.165, 1.54) is 0 Å². The van der Waals surface area contributed by atoms with Gasteiger partial charge in [0.2, 0.25) is 0 Å². The van der Waals surface area contributed by atoms with Gasteiger partial charge >= 0.3 is 15.6 Å². The molecule has 1 saturated carbocycles. The molecule has 0 aromatic rings. The van der Waals surface area contributed by atoms with E-state index in [4.69, 9.17) is 4.74 Å². The highest BCUT2D eigenvalue weighted by molar-refractivity contribution is 7.87. The molecule has 7 nitrogen and oxygen atoms in total. The molecule has 2 heterocycles. The van der Waals surface area contributed by atoms with Crippen LogP contribution in [0.1, 0.15) is 19.8 Å². The van der Waals surface area contributed by atoms with E-state index in [0.717, 1.165) is 0 Å². The van der Waals surface area contributed by atoms with Crippen molar-refractivity contribution in [2.75, 3.05) is 0 Å². The SMILES string of the molecule is CC1OC1C1CCC2C(=O)N(OS(=O)(=O)C(F)(F)F)C(=O)C21. The Morgan fingerprint density at radius 3 is 2.32 bits per heavy atom. The van der Waals surface area contributed by atoms with Gasteiger partial charge in [0.15, 0.2) is 0 Å². The predicted octanol–water partition coefficient (Wildman–Crippen LogP) is 0.566. The van der Waals surface area contributed by atoms with E-state index < -0.39 is 39.3 Å². The van der Waals surface area contributed by atoms with E-state index in [9.17, 15) is 31.2 Å². The van der Waals surface area contributed by atoms with Crippen molar-refractivity contribution in [3.8, 4) is 0 Å². The van der Waals surface area contributed by atoms with Crippen LogP contribution in [0.15, 0.2) is 0 Å². The van der Waals surface area contributed by atoms with Crippen molar-refractivity contribution in [2.24, 2.45) is 17.8 Å². The zero-order chi connectivity index (χ0) is 16.4. The summed E-state index contributed by atoms with van der Waals surface area (Å²) in [5, 5.41) is -0.253. The second kappa shape index (κ2) is 4.65. The number of nitrogens with zero attached hydrogens (tertiary/aromatic N) is 1. The molecule has 1 aliphatic carbocycles. The van der Waals surface area contributed by atoms with Gasteiger partial charge in [-0.25, -0.2) is 0 Å². The van der Waals surface area contributed by atoms with Crippen molar-refractivity contribution in [1.29, 1.82) is 0 Å². The lowest BCUT2D eigenvalue weighted by Gasteiger charge is -2.17. The van der Waals surface area contributed by atoms with Gasteiger partial charge in [0.25, 0.3) is 11.8 Å². The topological polar surface area (TPSA) is 93.3 Å². The molecule has 0 spiro atoms. The normalized spacial score (nSPS) is 38.5. The highest BCUT2D eigenvalue weighted by Crippen LogP contribution is 2.50. The van der Waals surface area contributed by atoms with E-state index in [2.05, 4.69) is 4.28 Å². The van der Waals surface area contributed by atoms with Gasteiger partial charge in [0.05, 0.1) is 24.0 Å². The molecule has 2 saturated heterocycles. The predicted molar refractivity (Wildman–Crippen MR) is 62.0 cm³/mol. The van der Waals surface area contributed by atoms with Crippen LogP contribution >= 0.6 is 0 Å². The highest BCUT2D eigenvalue weighted by atomic mass is 32.2. The first-order chi connectivity index (χ1) is 10.0. The molecule has 2 aliphatic heterocycles. The number of halogens is 3. The molecule has 3 aliphatic rings. The van der Waals surface area contributed by atoms with Gasteiger partial charge in [0, 0.05) is 5.92 Å². The van der Waals surface area contributed by atoms with Crippen LogP contribution in [0.5, 0.6) is 0 Å². The molecule has 2 amide bonds. The summed E-state index contributed by atoms with van der Waals surface area (Å²) in [4.78, 5) is 24.1. The third-order valence-electron chi connectivity index (χ3n) is 4.34. The minimum Gasteiger partial charge on any atom is -0.370 e. The number of amides is 2. The number of epoxide rings is 1. The fourth-order valence-electron chi connectivity index (χ4n) is 3.29. The molecule has 0 bridgehead atoms. The molecule has 5 unspecified atom stereocenters. The third kappa shape index (κ3) is 2.22. The summed E-state index contributed by atoms with van der Waals surface area (Å²) in [6, 6.07) is 0. The van der Waals surface area contributed by atoms with Crippen molar-refractivity contribution in [3.63, 3.8) is 0 Å². The van der Waals surface area contributed by atoms with Crippen LogP contribution < -0.4 is 0 Å². The molecule has 22 heavy (non-hydrogen) atoms. The Kier molecular flexibility index (Phi) is 3.31. The first-order valence-electron chi connectivity index (χ1n) is 6.59. The van der Waals surface area contributed by atoms with Crippen LogP contribution in [0.3, 0.4) is 0 Å². The average Bonchev–Trinajstić information content (AvgIpc) is 2.88. The summed E-state index contributed by atoms with van der Waals surface area (Å²) < 4.78 is 67.9. The smallest absolute Gasteiger partial charge is 0.370 e. The summed E-state index contributed by atoms with van der Waals surface area (Å²) in [5.41, 5.74) is -5.71. The lowest BCUT2D eigenvalue weighted by atomic mass is 9.88. The molecule has 0 aromatic heterocycles. The van der Waals surface area contributed by atoms with Crippen molar-refractivity contribution in [2.45, 2.75) is 37.5 Å². The highest BCUT2D eigenvalue weighted by Gasteiger charge is 2.62. The number of carbonyl (C=O) groups is 2. The first kappa shape index (κ1) is 15.7. The fourth-order valence-corrected chi connectivity index (χ4v) is 3.72. The Hall–Kier alpha value is -1.20. The van der Waals surface area contributed by atoms with E-state index in [1.807, 2.05) is 0 Å². The number of hydroxylamine groups is 2. The van der Waals surface area contributed by atoms with E-state index >= 15 is 0 Å². The van der Waals surface area contributed by atoms with Gasteiger partial charge in [-0.3, -0.25) is 9.59 Å². The van der Waals surface area contributed by atoms with Gasteiger partial charge in [0.1, 0.15) is 0 Å². The standard InChI is InChI=1S/C11H12F3NO6S/c1-4-8(20-4)5-2-3-6-7(5)10(17)15(9(6)16)21-22(18,19)11(12,13)14/h4-8H,2-3H2,1H3. The lowest BCUT2D eigenvalue weighted by Crippen LogP contribution is -2.39. The minimum absolute atomic E-state index is 0.0828. The summed E-state index contributed by atoms with van der Waals surface area (Å²) in [6.07, 6.45) is 0.506. The number of fused-ring (bicyclic) bond motifs is 1. The van der Waals surface area contributed by atoms with Gasteiger partial charge < -0.3 is 4.74 Å². The van der Waals surface area contributed by atoms with Crippen LogP contribution in [0.25, 0.3) is 0 Å². The van der Waals surface area contributed by atoms with Crippen molar-refractivity contribution in [1.82, 2.24) is 5.06 Å². The van der Waals surface area contributed by atoms with Crippen molar-refractivity contribution in [3.05, 3.63) is 0 Å². The van der Waals surface area contributed by atoms with Crippen molar-refractivity contribution < 1.29 is 40.2 Å². The van der Waals surface area contributed by atoms with Crippen LogP contribution in [-0.2, 0) is 28.7 Å². The van der Waals surface area contributed by atoms with Crippen LogP contribution in [0.2, 0.25) is 0 Å². The second-order valence-electron chi connectivity index (χ2n) is 5.62. The van der Waals surface area contributed by atoms with E-state index in [1.54, 1.807) is 6.92 Å². The maximum absolute atomic E-state index is 12.3. The number of carbonyl (C=O) groups excluding carboxylic acids is 2. The van der Waals surface area contributed by atoms with Crippen LogP contribution in [-0.4, -0.2) is 43.0 Å². The monoisotopic (exact) mass is 343 g/mol.